The maximum atomic E-state index is 4.45. The lowest BCUT2D eigenvalue weighted by Crippen LogP contribution is -2.20. The summed E-state index contributed by atoms with van der Waals surface area (Å²) < 4.78 is 1.03. The van der Waals surface area contributed by atoms with E-state index in [4.69, 9.17) is 0 Å². The number of fused-ring (bicyclic) bond motifs is 1. The number of anilines is 1. The van der Waals surface area contributed by atoms with Gasteiger partial charge in [0.1, 0.15) is 0 Å². The predicted octanol–water partition coefficient (Wildman–Crippen LogP) is 4.13. The standard InChI is InChI=1S/C15H14BrN3S/c1-19(9-6-14-17-8-10-20-14)13-5-7-18-15-11(13)3-2-4-12(15)16/h2-5,7-8,10H,6,9H2,1H3. The van der Waals surface area contributed by atoms with Crippen molar-refractivity contribution < 1.29 is 0 Å². The first-order valence-electron chi connectivity index (χ1n) is 6.38. The molecule has 0 bridgehead atoms. The quantitative estimate of drug-likeness (QED) is 0.710. The Morgan fingerprint density at radius 2 is 2.10 bits per heavy atom. The molecule has 3 nitrogen and oxygen atoms in total. The number of hydrogen-bond acceptors (Lipinski definition) is 4. The van der Waals surface area contributed by atoms with E-state index in [-0.39, 0.29) is 0 Å². The second-order valence-corrected chi connectivity index (χ2v) is 6.40. The molecule has 0 spiro atoms. The molecular formula is C15H14BrN3S. The van der Waals surface area contributed by atoms with Crippen LogP contribution in [0.1, 0.15) is 5.01 Å². The predicted molar refractivity (Wildman–Crippen MR) is 88.5 cm³/mol. The minimum absolute atomic E-state index is 0.944. The summed E-state index contributed by atoms with van der Waals surface area (Å²) in [4.78, 5) is 11.0. The van der Waals surface area contributed by atoms with E-state index in [0.29, 0.717) is 0 Å². The maximum Gasteiger partial charge on any atom is 0.0942 e. The van der Waals surface area contributed by atoms with Gasteiger partial charge >= 0.3 is 0 Å². The van der Waals surface area contributed by atoms with Crippen LogP contribution in [0.3, 0.4) is 0 Å². The molecule has 102 valence electrons. The zero-order valence-electron chi connectivity index (χ0n) is 11.1. The number of rotatable bonds is 4. The molecule has 0 fully saturated rings. The molecule has 0 saturated heterocycles. The number of halogens is 1. The van der Waals surface area contributed by atoms with Crippen LogP contribution in [0, 0.1) is 0 Å². The van der Waals surface area contributed by atoms with Gasteiger partial charge in [-0.05, 0) is 28.1 Å². The smallest absolute Gasteiger partial charge is 0.0942 e. The molecule has 2 aromatic heterocycles. The Labute approximate surface area is 130 Å². The summed E-state index contributed by atoms with van der Waals surface area (Å²) in [5.74, 6) is 0. The van der Waals surface area contributed by atoms with Crippen molar-refractivity contribution in [3.05, 3.63) is 51.5 Å². The Hall–Kier alpha value is -1.46. The van der Waals surface area contributed by atoms with Crippen LogP contribution < -0.4 is 4.90 Å². The SMILES string of the molecule is CN(CCc1nccs1)c1ccnc2c(Br)cccc12. The molecule has 5 heteroatoms. The molecule has 0 aliphatic carbocycles. The fraction of sp³-hybridized carbons (Fsp3) is 0.200. The van der Waals surface area contributed by atoms with Gasteiger partial charge < -0.3 is 4.90 Å². The fourth-order valence-corrected chi connectivity index (χ4v) is 3.30. The van der Waals surface area contributed by atoms with Crippen molar-refractivity contribution in [1.82, 2.24) is 9.97 Å². The number of aromatic nitrogens is 2. The molecule has 0 saturated carbocycles. The highest BCUT2D eigenvalue weighted by Gasteiger charge is 2.09. The third-order valence-electron chi connectivity index (χ3n) is 3.25. The molecule has 0 aliphatic rings. The topological polar surface area (TPSA) is 29.0 Å². The van der Waals surface area contributed by atoms with E-state index in [1.165, 1.54) is 16.1 Å². The van der Waals surface area contributed by atoms with Gasteiger partial charge in [-0.2, -0.15) is 0 Å². The number of hydrogen-bond donors (Lipinski definition) is 0. The Morgan fingerprint density at radius 3 is 2.90 bits per heavy atom. The molecule has 3 aromatic rings. The lowest BCUT2D eigenvalue weighted by Gasteiger charge is -2.20. The lowest BCUT2D eigenvalue weighted by atomic mass is 10.1. The third-order valence-corrected chi connectivity index (χ3v) is 4.73. The Balaban J connectivity index is 1.87. The number of pyridine rings is 1. The van der Waals surface area contributed by atoms with Crippen LogP contribution in [-0.4, -0.2) is 23.6 Å². The summed E-state index contributed by atoms with van der Waals surface area (Å²) in [6.07, 6.45) is 4.69. The molecule has 0 unspecified atom stereocenters. The monoisotopic (exact) mass is 347 g/mol. The highest BCUT2D eigenvalue weighted by Crippen LogP contribution is 2.29. The molecule has 0 radical (unpaired) electrons. The van der Waals surface area contributed by atoms with Crippen molar-refractivity contribution in [2.24, 2.45) is 0 Å². The lowest BCUT2D eigenvalue weighted by molar-refractivity contribution is 0.872. The van der Waals surface area contributed by atoms with Crippen LogP contribution in [0.2, 0.25) is 0 Å². The van der Waals surface area contributed by atoms with E-state index in [1.54, 1.807) is 11.3 Å². The molecule has 1 aromatic carbocycles. The van der Waals surface area contributed by atoms with Gasteiger partial charge in [0.25, 0.3) is 0 Å². The van der Waals surface area contributed by atoms with Crippen molar-refractivity contribution in [3.63, 3.8) is 0 Å². The number of thiazole rings is 1. The van der Waals surface area contributed by atoms with Crippen LogP contribution >= 0.6 is 27.3 Å². The summed E-state index contributed by atoms with van der Waals surface area (Å²) >= 11 is 5.27. The molecule has 2 heterocycles. The van der Waals surface area contributed by atoms with Crippen LogP contribution in [0.4, 0.5) is 5.69 Å². The summed E-state index contributed by atoms with van der Waals surface area (Å²) in [5, 5.41) is 4.37. The van der Waals surface area contributed by atoms with Crippen LogP contribution in [0.25, 0.3) is 10.9 Å². The number of likely N-dealkylation sites (N-methyl/N-ethyl adjacent to an activating group) is 1. The van der Waals surface area contributed by atoms with E-state index in [1.807, 2.05) is 29.9 Å². The van der Waals surface area contributed by atoms with Crippen molar-refractivity contribution in [3.8, 4) is 0 Å². The van der Waals surface area contributed by atoms with Gasteiger partial charge in [0.05, 0.1) is 10.5 Å². The summed E-state index contributed by atoms with van der Waals surface area (Å²) in [7, 11) is 2.11. The second kappa shape index (κ2) is 5.89. The van der Waals surface area contributed by atoms with Crippen LogP contribution in [-0.2, 0) is 6.42 Å². The maximum absolute atomic E-state index is 4.45. The van der Waals surface area contributed by atoms with Crippen molar-refractivity contribution in [2.45, 2.75) is 6.42 Å². The van der Waals surface area contributed by atoms with E-state index < -0.39 is 0 Å². The first-order chi connectivity index (χ1) is 9.75. The number of para-hydroxylation sites is 1. The van der Waals surface area contributed by atoms with Crippen LogP contribution in [0.5, 0.6) is 0 Å². The normalized spacial score (nSPS) is 10.9. The van der Waals surface area contributed by atoms with Gasteiger partial charge in [-0.15, -0.1) is 11.3 Å². The van der Waals surface area contributed by atoms with Gasteiger partial charge in [-0.25, -0.2) is 4.98 Å². The zero-order valence-corrected chi connectivity index (χ0v) is 13.5. The third kappa shape index (κ3) is 2.69. The minimum Gasteiger partial charge on any atom is -0.374 e. The van der Waals surface area contributed by atoms with E-state index in [9.17, 15) is 0 Å². The highest BCUT2D eigenvalue weighted by atomic mass is 79.9. The Bertz CT molecular complexity index is 712. The highest BCUT2D eigenvalue weighted by molar-refractivity contribution is 9.10. The first-order valence-corrected chi connectivity index (χ1v) is 8.06. The molecule has 0 aliphatic heterocycles. The second-order valence-electron chi connectivity index (χ2n) is 4.56. The van der Waals surface area contributed by atoms with Crippen LogP contribution in [0.15, 0.2) is 46.5 Å². The van der Waals surface area contributed by atoms with Gasteiger partial charge in [0.2, 0.25) is 0 Å². The van der Waals surface area contributed by atoms with Crippen molar-refractivity contribution in [1.29, 1.82) is 0 Å². The summed E-state index contributed by atoms with van der Waals surface area (Å²) in [6, 6.07) is 8.25. The molecule has 0 N–H and O–H groups in total. The zero-order chi connectivity index (χ0) is 13.9. The van der Waals surface area contributed by atoms with E-state index in [0.717, 1.165) is 23.0 Å². The van der Waals surface area contributed by atoms with Crippen molar-refractivity contribution >= 4 is 43.9 Å². The number of benzene rings is 1. The van der Waals surface area contributed by atoms with E-state index in [2.05, 4.69) is 50.0 Å². The summed E-state index contributed by atoms with van der Waals surface area (Å²) in [5.41, 5.74) is 2.21. The average molecular weight is 348 g/mol. The van der Waals surface area contributed by atoms with Crippen molar-refractivity contribution in [2.75, 3.05) is 18.5 Å². The molecule has 3 rings (SSSR count). The molecule has 0 amide bonds. The first kappa shape index (κ1) is 13.5. The fourth-order valence-electron chi connectivity index (χ4n) is 2.22. The molecular weight excluding hydrogens is 334 g/mol. The summed E-state index contributed by atoms with van der Waals surface area (Å²) in [6.45, 7) is 0.944. The Morgan fingerprint density at radius 1 is 1.20 bits per heavy atom. The molecule has 0 atom stereocenters. The average Bonchev–Trinajstić information content (AvgIpc) is 2.98. The van der Waals surface area contributed by atoms with Gasteiger partial charge in [0, 0.05) is 53.3 Å². The molecule has 20 heavy (non-hydrogen) atoms. The van der Waals surface area contributed by atoms with Gasteiger partial charge in [0.15, 0.2) is 0 Å². The Kier molecular flexibility index (Phi) is 3.98. The van der Waals surface area contributed by atoms with E-state index >= 15 is 0 Å². The van der Waals surface area contributed by atoms with Gasteiger partial charge in [-0.3, -0.25) is 4.98 Å². The van der Waals surface area contributed by atoms with Gasteiger partial charge in [-0.1, -0.05) is 12.1 Å². The largest absolute Gasteiger partial charge is 0.374 e. The number of nitrogens with zero attached hydrogens (tertiary/aromatic N) is 3. The minimum atomic E-state index is 0.944.